The number of nitrogens with zero attached hydrogens (tertiary/aromatic N) is 1. The quantitative estimate of drug-likeness (QED) is 0.339. The standard InChI is InChI=1S/C27H35N3O5.C2HF3O2/c1-34-22-9-8-20(16-23(22)35-2)27-12-10-21(29-26(33)28-14-11-25(31)32)17-24(27)30(15-13-27)18-19-6-4-3-5-7-19;3-2(4,5)1(6)7/h3-9,16,21,24H,10-15,17-18H2,1-2H3,(H,31,32)(H2,28,29,33);(H,6,7). The van der Waals surface area contributed by atoms with Gasteiger partial charge in [0.2, 0.25) is 0 Å². The highest BCUT2D eigenvalue weighted by Crippen LogP contribution is 2.50. The molecule has 13 heteroatoms. The van der Waals surface area contributed by atoms with Crippen molar-refractivity contribution in [2.24, 2.45) is 0 Å². The minimum Gasteiger partial charge on any atom is -0.493 e. The molecule has 4 N–H and O–H groups in total. The fourth-order valence-corrected chi connectivity index (χ4v) is 5.79. The predicted octanol–water partition coefficient (Wildman–Crippen LogP) is 4.18. The van der Waals surface area contributed by atoms with Crippen LogP contribution in [0.15, 0.2) is 48.5 Å². The van der Waals surface area contributed by atoms with E-state index in [0.29, 0.717) is 0 Å². The van der Waals surface area contributed by atoms with Gasteiger partial charge in [0.15, 0.2) is 11.5 Å². The van der Waals surface area contributed by atoms with Crippen molar-refractivity contribution in [1.82, 2.24) is 15.5 Å². The monoisotopic (exact) mass is 595 g/mol. The average Bonchev–Trinajstić information content (AvgIpc) is 3.31. The van der Waals surface area contributed by atoms with Crippen molar-refractivity contribution < 1.29 is 47.2 Å². The van der Waals surface area contributed by atoms with E-state index in [2.05, 4.69) is 51.9 Å². The maximum absolute atomic E-state index is 12.4. The number of ether oxygens (including phenoxy) is 2. The molecule has 1 saturated carbocycles. The molecule has 3 unspecified atom stereocenters. The van der Waals surface area contributed by atoms with Gasteiger partial charge in [0.05, 0.1) is 20.6 Å². The molecule has 2 aromatic rings. The zero-order valence-electron chi connectivity index (χ0n) is 23.4. The first-order valence-electron chi connectivity index (χ1n) is 13.5. The first-order chi connectivity index (χ1) is 19.9. The van der Waals surface area contributed by atoms with Gasteiger partial charge in [0.1, 0.15) is 0 Å². The molecule has 4 rings (SSSR count). The average molecular weight is 596 g/mol. The van der Waals surface area contributed by atoms with Crippen molar-refractivity contribution in [3.63, 3.8) is 0 Å². The second-order valence-corrected chi connectivity index (χ2v) is 10.3. The first kappa shape index (κ1) is 32.5. The molecule has 0 spiro atoms. The number of hydrogen-bond acceptors (Lipinski definition) is 6. The van der Waals surface area contributed by atoms with Crippen molar-refractivity contribution in [3.8, 4) is 11.5 Å². The summed E-state index contributed by atoms with van der Waals surface area (Å²) in [5.74, 6) is -2.23. The highest BCUT2D eigenvalue weighted by Gasteiger charge is 2.51. The summed E-state index contributed by atoms with van der Waals surface area (Å²) in [6.45, 7) is 1.95. The SMILES string of the molecule is COc1ccc(C23CCC(NC(=O)NCCC(=O)O)CC2N(Cc2ccccc2)CC3)cc1OC.O=C(O)C(F)(F)F. The number of carboxylic acid groups (broad SMARTS) is 2. The summed E-state index contributed by atoms with van der Waals surface area (Å²) in [4.78, 5) is 34.6. The van der Waals surface area contributed by atoms with E-state index in [-0.39, 0.29) is 36.5 Å². The number of carboxylic acids is 2. The van der Waals surface area contributed by atoms with Crippen molar-refractivity contribution >= 4 is 18.0 Å². The number of alkyl halides is 3. The summed E-state index contributed by atoms with van der Waals surface area (Å²) in [6, 6.07) is 16.7. The smallest absolute Gasteiger partial charge is 0.490 e. The Labute approximate surface area is 241 Å². The fourth-order valence-electron chi connectivity index (χ4n) is 5.79. The second-order valence-electron chi connectivity index (χ2n) is 10.3. The number of nitrogens with one attached hydrogen (secondary N) is 2. The lowest BCUT2D eigenvalue weighted by Crippen LogP contribution is -2.53. The Kier molecular flexibility index (Phi) is 11.0. The third-order valence-corrected chi connectivity index (χ3v) is 7.76. The van der Waals surface area contributed by atoms with Gasteiger partial charge in [-0.15, -0.1) is 0 Å². The molecule has 2 aromatic carbocycles. The van der Waals surface area contributed by atoms with Crippen LogP contribution in [0.4, 0.5) is 18.0 Å². The highest BCUT2D eigenvalue weighted by molar-refractivity contribution is 5.75. The Bertz CT molecular complexity index is 1230. The van der Waals surface area contributed by atoms with E-state index in [9.17, 15) is 22.8 Å². The number of halogens is 3. The number of carbonyl (C=O) groups excluding carboxylic acids is 1. The van der Waals surface area contributed by atoms with Crippen LogP contribution in [0.1, 0.15) is 43.2 Å². The third-order valence-electron chi connectivity index (χ3n) is 7.76. The number of likely N-dealkylation sites (tertiary alicyclic amines) is 1. The lowest BCUT2D eigenvalue weighted by molar-refractivity contribution is -0.192. The van der Waals surface area contributed by atoms with E-state index in [1.54, 1.807) is 14.2 Å². The van der Waals surface area contributed by atoms with Gasteiger partial charge in [0, 0.05) is 30.6 Å². The second kappa shape index (κ2) is 14.3. The number of amides is 2. The van der Waals surface area contributed by atoms with Crippen molar-refractivity contribution in [2.45, 2.75) is 62.3 Å². The molecule has 1 heterocycles. The number of rotatable bonds is 9. The molecule has 1 aliphatic heterocycles. The van der Waals surface area contributed by atoms with Crippen molar-refractivity contribution in [1.29, 1.82) is 0 Å². The van der Waals surface area contributed by atoms with Crippen LogP contribution in [0.25, 0.3) is 0 Å². The molecule has 1 aliphatic carbocycles. The number of carbonyl (C=O) groups is 3. The van der Waals surface area contributed by atoms with E-state index in [0.717, 1.165) is 50.3 Å². The Hall–Kier alpha value is -4.00. The van der Waals surface area contributed by atoms with Gasteiger partial charge in [-0.05, 0) is 55.5 Å². The molecule has 42 heavy (non-hydrogen) atoms. The van der Waals surface area contributed by atoms with Crippen LogP contribution < -0.4 is 20.1 Å². The predicted molar refractivity (Wildman–Crippen MR) is 147 cm³/mol. The molecule has 2 fully saturated rings. The van der Waals surface area contributed by atoms with Gasteiger partial charge in [-0.25, -0.2) is 9.59 Å². The molecule has 10 nitrogen and oxygen atoms in total. The topological polar surface area (TPSA) is 137 Å². The van der Waals surface area contributed by atoms with Crippen LogP contribution in [-0.4, -0.2) is 78.7 Å². The zero-order valence-corrected chi connectivity index (χ0v) is 23.4. The lowest BCUT2D eigenvalue weighted by atomic mass is 9.65. The Balaban J connectivity index is 0.000000616. The number of methoxy groups -OCH3 is 2. The summed E-state index contributed by atoms with van der Waals surface area (Å²) < 4.78 is 42.8. The number of urea groups is 1. The fraction of sp³-hybridized carbons (Fsp3) is 0.483. The molecule has 3 atom stereocenters. The summed E-state index contributed by atoms with van der Waals surface area (Å²) >= 11 is 0. The van der Waals surface area contributed by atoms with E-state index >= 15 is 0 Å². The molecule has 0 bridgehead atoms. The van der Waals surface area contributed by atoms with Gasteiger partial charge in [-0.2, -0.15) is 13.2 Å². The van der Waals surface area contributed by atoms with Crippen LogP contribution in [0, 0.1) is 0 Å². The Morgan fingerprint density at radius 3 is 2.29 bits per heavy atom. The summed E-state index contributed by atoms with van der Waals surface area (Å²) in [5.41, 5.74) is 2.49. The molecule has 1 saturated heterocycles. The van der Waals surface area contributed by atoms with Gasteiger partial charge in [-0.1, -0.05) is 36.4 Å². The van der Waals surface area contributed by atoms with Crippen LogP contribution in [-0.2, 0) is 21.5 Å². The largest absolute Gasteiger partial charge is 0.493 e. The Morgan fingerprint density at radius 2 is 1.69 bits per heavy atom. The summed E-state index contributed by atoms with van der Waals surface area (Å²) in [5, 5.41) is 21.7. The zero-order chi connectivity index (χ0) is 30.9. The normalized spacial score (nSPS) is 21.7. The van der Waals surface area contributed by atoms with Crippen molar-refractivity contribution in [3.05, 3.63) is 59.7 Å². The minimum atomic E-state index is -5.08. The van der Waals surface area contributed by atoms with Crippen LogP contribution in [0.2, 0.25) is 0 Å². The van der Waals surface area contributed by atoms with E-state index in [4.69, 9.17) is 24.5 Å². The molecule has 0 aromatic heterocycles. The number of benzene rings is 2. The van der Waals surface area contributed by atoms with E-state index in [1.807, 2.05) is 12.1 Å². The number of fused-ring (bicyclic) bond motifs is 1. The number of hydrogen-bond donors (Lipinski definition) is 4. The maximum Gasteiger partial charge on any atom is 0.490 e. The third kappa shape index (κ3) is 8.28. The molecule has 0 radical (unpaired) electrons. The molecule has 2 aliphatic rings. The maximum atomic E-state index is 12.4. The number of aliphatic carboxylic acids is 2. The highest BCUT2D eigenvalue weighted by atomic mass is 19.4. The molecule has 230 valence electrons. The lowest BCUT2D eigenvalue weighted by Gasteiger charge is -2.45. The van der Waals surface area contributed by atoms with Gasteiger partial charge in [0.25, 0.3) is 0 Å². The van der Waals surface area contributed by atoms with Crippen LogP contribution in [0.5, 0.6) is 11.5 Å². The van der Waals surface area contributed by atoms with Crippen LogP contribution >= 0.6 is 0 Å². The van der Waals surface area contributed by atoms with Gasteiger partial charge < -0.3 is 30.3 Å². The summed E-state index contributed by atoms with van der Waals surface area (Å²) in [7, 11) is 3.31. The summed E-state index contributed by atoms with van der Waals surface area (Å²) in [6.07, 6.45) is -1.51. The van der Waals surface area contributed by atoms with Crippen LogP contribution in [0.3, 0.4) is 0 Å². The van der Waals surface area contributed by atoms with E-state index in [1.165, 1.54) is 11.1 Å². The van der Waals surface area contributed by atoms with Crippen molar-refractivity contribution in [2.75, 3.05) is 27.3 Å². The molecular weight excluding hydrogens is 559 g/mol. The van der Waals surface area contributed by atoms with E-state index < -0.39 is 18.1 Å². The molecule has 2 amide bonds. The first-order valence-corrected chi connectivity index (χ1v) is 13.5. The van der Waals surface area contributed by atoms with Gasteiger partial charge in [-0.3, -0.25) is 9.69 Å². The minimum absolute atomic E-state index is 0.0227. The van der Waals surface area contributed by atoms with Gasteiger partial charge >= 0.3 is 24.1 Å². The Morgan fingerprint density at radius 1 is 1.02 bits per heavy atom. The molecular formula is C29H36F3N3O7.